The number of rotatable bonds is 14. The summed E-state index contributed by atoms with van der Waals surface area (Å²) in [6.07, 6.45) is 5.25. The standard InChI is InChI=1S/C59H60P2.2ClH/c1-44-10-30-54(31-11-44)60(55-32-12-45(2)13-33-55,56-34-14-46(3)15-35-56)42-52-26-22-50(23-27-52)8-7-9-51-24-28-53(29-25-51)43-61(57-36-16-47(4)17-37-57,58-38-18-48(5)19-39-58)59-40-20-49(6)21-41-59;;/h10-41H,7-9,42-43H2,1-6H3;2*1H/q+2;;/p-2. The van der Waals surface area contributed by atoms with E-state index in [4.69, 9.17) is 0 Å². The Balaban J connectivity index is 0.00000330. The quantitative estimate of drug-likeness (QED) is 0.107. The van der Waals surface area contributed by atoms with Crippen LogP contribution in [0.25, 0.3) is 0 Å². The van der Waals surface area contributed by atoms with E-state index < -0.39 is 14.5 Å². The van der Waals surface area contributed by atoms with Gasteiger partial charge < -0.3 is 24.8 Å². The first-order valence-corrected chi connectivity index (χ1v) is 25.9. The van der Waals surface area contributed by atoms with Gasteiger partial charge in [-0.25, -0.2) is 0 Å². The molecule has 8 rings (SSSR count). The fourth-order valence-electron chi connectivity index (χ4n) is 8.90. The second-order valence-corrected chi connectivity index (χ2v) is 24.4. The smallest absolute Gasteiger partial charge is 0.116 e. The van der Waals surface area contributed by atoms with Crippen molar-refractivity contribution in [3.8, 4) is 0 Å². The molecule has 0 aromatic heterocycles. The molecule has 0 spiro atoms. The minimum Gasteiger partial charge on any atom is -1.00 e. The Bertz CT molecular complexity index is 2240. The summed E-state index contributed by atoms with van der Waals surface area (Å²) in [4.78, 5) is 0. The highest BCUT2D eigenvalue weighted by atomic mass is 35.5. The molecule has 0 N–H and O–H groups in total. The zero-order valence-electron chi connectivity index (χ0n) is 37.7. The van der Waals surface area contributed by atoms with Gasteiger partial charge in [0.2, 0.25) is 0 Å². The molecule has 8 aromatic carbocycles. The molecule has 8 aromatic rings. The minimum atomic E-state index is -1.99. The van der Waals surface area contributed by atoms with E-state index in [-0.39, 0.29) is 24.8 Å². The van der Waals surface area contributed by atoms with E-state index in [1.54, 1.807) is 0 Å². The van der Waals surface area contributed by atoms with Crippen molar-refractivity contribution in [1.82, 2.24) is 0 Å². The van der Waals surface area contributed by atoms with E-state index in [1.165, 1.54) is 87.5 Å². The normalized spacial score (nSPS) is 11.4. The van der Waals surface area contributed by atoms with Crippen molar-refractivity contribution in [2.45, 2.75) is 73.1 Å². The molecule has 0 aliphatic heterocycles. The Morgan fingerprint density at radius 1 is 0.238 bits per heavy atom. The average Bonchev–Trinajstić information content (AvgIpc) is 3.28. The molecule has 0 atom stereocenters. The van der Waals surface area contributed by atoms with E-state index in [0.29, 0.717) is 0 Å². The molecular weight excluding hydrogens is 842 g/mol. The van der Waals surface area contributed by atoms with Gasteiger partial charge >= 0.3 is 0 Å². The lowest BCUT2D eigenvalue weighted by molar-refractivity contribution is -0.001000. The lowest BCUT2D eigenvalue weighted by Crippen LogP contribution is -3.00. The zero-order chi connectivity index (χ0) is 42.4. The summed E-state index contributed by atoms with van der Waals surface area (Å²) in [5.74, 6) is 0. The van der Waals surface area contributed by atoms with Crippen LogP contribution in [0.5, 0.6) is 0 Å². The summed E-state index contributed by atoms with van der Waals surface area (Å²) in [5.41, 5.74) is 13.4. The molecule has 63 heavy (non-hydrogen) atoms. The third-order valence-electron chi connectivity index (χ3n) is 12.7. The molecule has 0 heterocycles. The molecular formula is C59H60Cl2P2. The summed E-state index contributed by atoms with van der Waals surface area (Å²) in [5, 5.41) is 8.63. The lowest BCUT2D eigenvalue weighted by atomic mass is 10.0. The Morgan fingerprint density at radius 3 is 0.603 bits per heavy atom. The van der Waals surface area contributed by atoms with Crippen LogP contribution in [0.2, 0.25) is 0 Å². The van der Waals surface area contributed by atoms with Gasteiger partial charge in [0.25, 0.3) is 0 Å². The van der Waals surface area contributed by atoms with Crippen molar-refractivity contribution >= 4 is 46.4 Å². The van der Waals surface area contributed by atoms with E-state index in [0.717, 1.165) is 31.6 Å². The molecule has 0 bridgehead atoms. The summed E-state index contributed by atoms with van der Waals surface area (Å²) < 4.78 is 0. The molecule has 0 fully saturated rings. The summed E-state index contributed by atoms with van der Waals surface area (Å²) >= 11 is 0. The van der Waals surface area contributed by atoms with E-state index in [2.05, 4.69) is 236 Å². The Kier molecular flexibility index (Phi) is 16.1. The van der Waals surface area contributed by atoms with Crippen LogP contribution in [0.1, 0.15) is 62.1 Å². The number of hydrogen-bond donors (Lipinski definition) is 0. The van der Waals surface area contributed by atoms with Crippen LogP contribution in [-0.2, 0) is 25.2 Å². The van der Waals surface area contributed by atoms with Gasteiger partial charge in [0.15, 0.2) is 0 Å². The van der Waals surface area contributed by atoms with E-state index in [9.17, 15) is 0 Å². The Labute approximate surface area is 391 Å². The second kappa shape index (κ2) is 21.3. The fourth-order valence-corrected chi connectivity index (χ4v) is 17.3. The second-order valence-electron chi connectivity index (χ2n) is 17.4. The monoisotopic (exact) mass is 900 g/mol. The van der Waals surface area contributed by atoms with Crippen molar-refractivity contribution < 1.29 is 24.8 Å². The van der Waals surface area contributed by atoms with Crippen molar-refractivity contribution in [2.24, 2.45) is 0 Å². The van der Waals surface area contributed by atoms with Crippen molar-refractivity contribution in [3.63, 3.8) is 0 Å². The predicted molar refractivity (Wildman–Crippen MR) is 271 cm³/mol. The molecule has 0 nitrogen and oxygen atoms in total. The molecule has 0 saturated carbocycles. The number of aryl methyl sites for hydroxylation is 8. The maximum absolute atomic E-state index is 2.40. The van der Waals surface area contributed by atoms with Crippen LogP contribution in [0, 0.1) is 41.5 Å². The van der Waals surface area contributed by atoms with Gasteiger partial charge in [0, 0.05) is 0 Å². The number of hydrogen-bond acceptors (Lipinski definition) is 0. The molecule has 0 radical (unpaired) electrons. The van der Waals surface area contributed by atoms with Gasteiger partial charge in [0.05, 0.1) is 12.3 Å². The van der Waals surface area contributed by atoms with Crippen molar-refractivity contribution in [3.05, 3.63) is 250 Å². The topological polar surface area (TPSA) is 0 Å². The zero-order valence-corrected chi connectivity index (χ0v) is 41.0. The fraction of sp³-hybridized carbons (Fsp3) is 0.186. The first kappa shape index (κ1) is 47.7. The van der Waals surface area contributed by atoms with Gasteiger partial charge in [0.1, 0.15) is 46.4 Å². The highest BCUT2D eigenvalue weighted by Gasteiger charge is 2.47. The largest absolute Gasteiger partial charge is 1.00 e. The van der Waals surface area contributed by atoms with E-state index in [1.807, 2.05) is 0 Å². The first-order chi connectivity index (χ1) is 29.6. The SMILES string of the molecule is Cc1ccc([P+](Cc2ccc(CCCc3ccc(C[P+](c4ccc(C)cc4)(c4ccc(C)cc4)c4ccc(C)cc4)cc3)cc2)(c2ccc(C)cc2)c2ccc(C)cc2)cc1.[Cl-].[Cl-]. The maximum atomic E-state index is 2.40. The van der Waals surface area contributed by atoms with Gasteiger partial charge in [-0.1, -0.05) is 155 Å². The molecule has 0 amide bonds. The minimum absolute atomic E-state index is 0. The maximum Gasteiger partial charge on any atom is 0.116 e. The number of halogens is 2. The van der Waals surface area contributed by atoms with Crippen LogP contribution in [0.15, 0.2) is 194 Å². The molecule has 0 aliphatic rings. The van der Waals surface area contributed by atoms with Crippen molar-refractivity contribution in [2.75, 3.05) is 0 Å². The van der Waals surface area contributed by atoms with Gasteiger partial charge in [-0.2, -0.15) is 0 Å². The van der Waals surface area contributed by atoms with Crippen LogP contribution in [0.3, 0.4) is 0 Å². The van der Waals surface area contributed by atoms with Crippen LogP contribution in [0.4, 0.5) is 0 Å². The van der Waals surface area contributed by atoms with Gasteiger partial charge in [-0.05, 0) is 156 Å². The highest BCUT2D eigenvalue weighted by Crippen LogP contribution is 2.59. The van der Waals surface area contributed by atoms with Crippen LogP contribution < -0.4 is 56.6 Å². The van der Waals surface area contributed by atoms with Crippen LogP contribution >= 0.6 is 14.5 Å². The van der Waals surface area contributed by atoms with Crippen molar-refractivity contribution in [1.29, 1.82) is 0 Å². The van der Waals surface area contributed by atoms with Gasteiger partial charge in [-0.15, -0.1) is 0 Å². The highest BCUT2D eigenvalue weighted by molar-refractivity contribution is 7.95. The summed E-state index contributed by atoms with van der Waals surface area (Å²) in [6.45, 7) is 13.1. The molecule has 320 valence electrons. The Morgan fingerprint density at radius 2 is 0.413 bits per heavy atom. The molecule has 4 heteroatoms. The summed E-state index contributed by atoms with van der Waals surface area (Å²) in [7, 11) is -3.97. The molecule has 0 unspecified atom stereocenters. The average molecular weight is 902 g/mol. The van der Waals surface area contributed by atoms with E-state index >= 15 is 0 Å². The summed E-state index contributed by atoms with van der Waals surface area (Å²) in [6, 6.07) is 75.3. The predicted octanol–water partition coefficient (Wildman–Crippen LogP) is 6.71. The number of benzene rings is 8. The molecule has 0 saturated heterocycles. The molecule has 0 aliphatic carbocycles. The van der Waals surface area contributed by atoms with Gasteiger partial charge in [-0.3, -0.25) is 0 Å². The van der Waals surface area contributed by atoms with Crippen LogP contribution in [-0.4, -0.2) is 0 Å². The lowest BCUT2D eigenvalue weighted by Gasteiger charge is -2.28. The Hall–Kier alpha value is -4.80. The first-order valence-electron chi connectivity index (χ1n) is 22.0. The third kappa shape index (κ3) is 10.8. The third-order valence-corrected chi connectivity index (χ3v) is 21.4.